The normalized spacial score (nSPS) is 11.8. The molecule has 0 N–H and O–H groups in total. The Kier molecular flexibility index (Phi) is 7.06. The molecule has 5 nitrogen and oxygen atoms in total. The molecule has 1 amide bonds. The van der Waals surface area contributed by atoms with Gasteiger partial charge in [0.25, 0.3) is 5.91 Å². The van der Waals surface area contributed by atoms with Crippen LogP contribution in [0.1, 0.15) is 23.8 Å². The summed E-state index contributed by atoms with van der Waals surface area (Å²) in [5, 5.41) is 0.668. The van der Waals surface area contributed by atoms with E-state index in [1.54, 1.807) is 30.2 Å². The Balaban J connectivity index is 1.76. The van der Waals surface area contributed by atoms with Gasteiger partial charge in [0, 0.05) is 31.4 Å². The first-order valence-corrected chi connectivity index (χ1v) is 10.2. The van der Waals surface area contributed by atoms with Crippen LogP contribution in [0.5, 0.6) is 5.75 Å². The van der Waals surface area contributed by atoms with E-state index in [1.165, 1.54) is 0 Å². The monoisotopic (exact) mass is 426 g/mol. The predicted octanol–water partition coefficient (Wildman–Crippen LogP) is 5.30. The van der Waals surface area contributed by atoms with E-state index in [-0.39, 0.29) is 5.91 Å². The van der Waals surface area contributed by atoms with Gasteiger partial charge < -0.3 is 19.0 Å². The smallest absolute Gasteiger partial charge is 0.264 e. The van der Waals surface area contributed by atoms with Crippen molar-refractivity contribution in [2.75, 3.05) is 19.0 Å². The van der Waals surface area contributed by atoms with Crippen LogP contribution < -0.4 is 9.64 Å². The van der Waals surface area contributed by atoms with E-state index in [1.807, 2.05) is 68.4 Å². The highest BCUT2D eigenvalue weighted by Crippen LogP contribution is 2.23. The second kappa shape index (κ2) is 9.72. The molecule has 0 aliphatic rings. The first-order valence-electron chi connectivity index (χ1n) is 9.83. The van der Waals surface area contributed by atoms with Gasteiger partial charge in [-0.05, 0) is 67.4 Å². The van der Waals surface area contributed by atoms with Gasteiger partial charge >= 0.3 is 0 Å². The van der Waals surface area contributed by atoms with Gasteiger partial charge in [0.05, 0.1) is 12.8 Å². The van der Waals surface area contributed by atoms with Gasteiger partial charge in [0.2, 0.25) is 0 Å². The lowest BCUT2D eigenvalue weighted by Gasteiger charge is -2.26. The number of ether oxygens (including phenoxy) is 1. The van der Waals surface area contributed by atoms with E-state index < -0.39 is 6.10 Å². The molecule has 3 aromatic rings. The van der Waals surface area contributed by atoms with Crippen molar-refractivity contribution in [1.82, 2.24) is 4.90 Å². The first kappa shape index (κ1) is 21.8. The average molecular weight is 427 g/mol. The summed E-state index contributed by atoms with van der Waals surface area (Å²) >= 11 is 6.09. The Bertz CT molecular complexity index is 969. The van der Waals surface area contributed by atoms with E-state index in [9.17, 15) is 4.79 Å². The first-order chi connectivity index (χ1) is 14.3. The SMILES string of the molecule is Cc1cc(O[C@@H](C)C(=O)N(Cc2ccc(N(C)C)cc2)Cc2ccco2)ccc1Cl. The Morgan fingerprint density at radius 3 is 2.43 bits per heavy atom. The number of furan rings is 1. The summed E-state index contributed by atoms with van der Waals surface area (Å²) in [5.74, 6) is 1.23. The average Bonchev–Trinajstić information content (AvgIpc) is 3.23. The Labute approximate surface area is 182 Å². The highest BCUT2D eigenvalue weighted by Gasteiger charge is 2.23. The molecule has 0 unspecified atom stereocenters. The van der Waals surface area contributed by atoms with Crippen molar-refractivity contribution in [3.63, 3.8) is 0 Å². The van der Waals surface area contributed by atoms with Gasteiger partial charge in [-0.25, -0.2) is 0 Å². The third kappa shape index (κ3) is 5.57. The van der Waals surface area contributed by atoms with Crippen molar-refractivity contribution >= 4 is 23.2 Å². The number of aryl methyl sites for hydroxylation is 1. The van der Waals surface area contributed by atoms with Crippen LogP contribution in [-0.2, 0) is 17.9 Å². The predicted molar refractivity (Wildman–Crippen MR) is 120 cm³/mol. The number of hydrogen-bond donors (Lipinski definition) is 0. The van der Waals surface area contributed by atoms with E-state index >= 15 is 0 Å². The zero-order chi connectivity index (χ0) is 21.7. The fourth-order valence-electron chi connectivity index (χ4n) is 3.12. The minimum Gasteiger partial charge on any atom is -0.481 e. The number of rotatable bonds is 8. The highest BCUT2D eigenvalue weighted by molar-refractivity contribution is 6.31. The zero-order valence-electron chi connectivity index (χ0n) is 17.8. The van der Waals surface area contributed by atoms with Gasteiger partial charge in [-0.1, -0.05) is 23.7 Å². The van der Waals surface area contributed by atoms with Crippen molar-refractivity contribution in [2.45, 2.75) is 33.0 Å². The molecular weight excluding hydrogens is 400 g/mol. The largest absolute Gasteiger partial charge is 0.481 e. The molecule has 1 atom stereocenters. The molecule has 0 saturated carbocycles. The van der Waals surface area contributed by atoms with Crippen molar-refractivity contribution in [2.24, 2.45) is 0 Å². The number of nitrogens with zero attached hydrogens (tertiary/aromatic N) is 2. The fourth-order valence-corrected chi connectivity index (χ4v) is 3.24. The highest BCUT2D eigenvalue weighted by atomic mass is 35.5. The molecule has 158 valence electrons. The number of carbonyl (C=O) groups excluding carboxylic acids is 1. The van der Waals surface area contributed by atoms with Crippen molar-refractivity contribution in [3.8, 4) is 5.75 Å². The van der Waals surface area contributed by atoms with Crippen LogP contribution in [0, 0.1) is 6.92 Å². The maximum atomic E-state index is 13.2. The maximum absolute atomic E-state index is 13.2. The molecule has 2 aromatic carbocycles. The van der Waals surface area contributed by atoms with Crippen molar-refractivity contribution in [3.05, 3.63) is 82.8 Å². The molecule has 0 aliphatic carbocycles. The van der Waals surface area contributed by atoms with Crippen LogP contribution in [0.4, 0.5) is 5.69 Å². The molecule has 1 heterocycles. The minimum absolute atomic E-state index is 0.115. The molecule has 1 aromatic heterocycles. The Morgan fingerprint density at radius 2 is 1.83 bits per heavy atom. The summed E-state index contributed by atoms with van der Waals surface area (Å²) in [4.78, 5) is 17.0. The Hall–Kier alpha value is -2.92. The molecule has 0 spiro atoms. The van der Waals surface area contributed by atoms with Crippen molar-refractivity contribution < 1.29 is 13.9 Å². The van der Waals surface area contributed by atoms with Gasteiger partial charge in [-0.3, -0.25) is 4.79 Å². The number of anilines is 1. The van der Waals surface area contributed by atoms with Gasteiger partial charge in [-0.2, -0.15) is 0 Å². The zero-order valence-corrected chi connectivity index (χ0v) is 18.5. The lowest BCUT2D eigenvalue weighted by atomic mass is 10.1. The molecule has 0 radical (unpaired) electrons. The third-order valence-corrected chi connectivity index (χ3v) is 5.28. The topological polar surface area (TPSA) is 45.9 Å². The number of carbonyl (C=O) groups is 1. The standard InChI is InChI=1S/C24H27ClN2O3/c1-17-14-21(11-12-23(17)25)30-18(2)24(28)27(16-22-6-5-13-29-22)15-19-7-9-20(10-8-19)26(3)4/h5-14,18H,15-16H2,1-4H3/t18-/m0/s1. The van der Waals surface area contributed by atoms with E-state index in [0.717, 1.165) is 22.6 Å². The van der Waals surface area contributed by atoms with E-state index in [4.69, 9.17) is 20.8 Å². The summed E-state index contributed by atoms with van der Waals surface area (Å²) in [6.45, 7) is 4.49. The number of halogens is 1. The lowest BCUT2D eigenvalue weighted by molar-refractivity contribution is -0.139. The van der Waals surface area contributed by atoms with E-state index in [0.29, 0.717) is 23.9 Å². The fraction of sp³-hybridized carbons (Fsp3) is 0.292. The van der Waals surface area contributed by atoms with E-state index in [2.05, 4.69) is 0 Å². The molecule has 0 aliphatic heterocycles. The molecule has 0 saturated heterocycles. The summed E-state index contributed by atoms with van der Waals surface area (Å²) in [5.41, 5.74) is 3.05. The third-order valence-electron chi connectivity index (χ3n) is 4.85. The number of amides is 1. The van der Waals surface area contributed by atoms with Crippen LogP contribution in [0.3, 0.4) is 0 Å². The summed E-state index contributed by atoms with van der Waals surface area (Å²) in [6, 6.07) is 17.2. The minimum atomic E-state index is -0.651. The second-order valence-electron chi connectivity index (χ2n) is 7.51. The summed E-state index contributed by atoms with van der Waals surface area (Å²) in [7, 11) is 4.00. The van der Waals surface area contributed by atoms with Gasteiger partial charge in [0.15, 0.2) is 6.10 Å². The molecule has 0 bridgehead atoms. The van der Waals surface area contributed by atoms with Crippen LogP contribution in [0.15, 0.2) is 65.3 Å². The number of benzene rings is 2. The van der Waals surface area contributed by atoms with Gasteiger partial charge in [0.1, 0.15) is 11.5 Å². The molecular formula is C24H27ClN2O3. The van der Waals surface area contributed by atoms with Crippen LogP contribution >= 0.6 is 11.6 Å². The molecule has 6 heteroatoms. The van der Waals surface area contributed by atoms with Crippen LogP contribution in [0.25, 0.3) is 0 Å². The van der Waals surface area contributed by atoms with Gasteiger partial charge in [-0.15, -0.1) is 0 Å². The number of hydrogen-bond acceptors (Lipinski definition) is 4. The summed E-state index contributed by atoms with van der Waals surface area (Å²) < 4.78 is 11.4. The lowest BCUT2D eigenvalue weighted by Crippen LogP contribution is -2.39. The summed E-state index contributed by atoms with van der Waals surface area (Å²) in [6.07, 6.45) is 0.960. The molecule has 30 heavy (non-hydrogen) atoms. The molecule has 3 rings (SSSR count). The van der Waals surface area contributed by atoms with Crippen LogP contribution in [0.2, 0.25) is 5.02 Å². The Morgan fingerprint density at radius 1 is 1.10 bits per heavy atom. The molecule has 0 fully saturated rings. The second-order valence-corrected chi connectivity index (χ2v) is 7.91. The maximum Gasteiger partial charge on any atom is 0.264 e. The van der Waals surface area contributed by atoms with Crippen molar-refractivity contribution in [1.29, 1.82) is 0 Å². The van der Waals surface area contributed by atoms with Crippen LogP contribution in [-0.4, -0.2) is 31.0 Å². The quantitative estimate of drug-likeness (QED) is 0.490.